The van der Waals surface area contributed by atoms with E-state index < -0.39 is 26.4 Å². The molecule has 0 aliphatic heterocycles. The molecule has 1 unspecified atom stereocenters. The fourth-order valence-corrected chi connectivity index (χ4v) is 2.45. The molecule has 0 saturated carbocycles. The van der Waals surface area contributed by atoms with Crippen LogP contribution in [-0.4, -0.2) is 19.4 Å². The van der Waals surface area contributed by atoms with Gasteiger partial charge in [0, 0.05) is 16.3 Å². The van der Waals surface area contributed by atoms with Gasteiger partial charge < -0.3 is 5.73 Å². The number of nitrogens with two attached hydrogens (primary N) is 1. The first kappa shape index (κ1) is 15.9. The second kappa shape index (κ2) is 5.07. The van der Waals surface area contributed by atoms with Gasteiger partial charge in [-0.25, -0.2) is 12.8 Å². The summed E-state index contributed by atoms with van der Waals surface area (Å²) in [5.41, 5.74) is 5.97. The van der Waals surface area contributed by atoms with Crippen molar-refractivity contribution >= 4 is 37.4 Å². The van der Waals surface area contributed by atoms with Gasteiger partial charge in [-0.15, -0.1) is 0 Å². The minimum atomic E-state index is -3.44. The minimum Gasteiger partial charge on any atom is -0.323 e. The highest BCUT2D eigenvalue weighted by atomic mass is 79.9. The van der Waals surface area contributed by atoms with Gasteiger partial charge in [0.25, 0.3) is 0 Å². The molecular weight excluding hydrogens is 345 g/mol. The largest absolute Gasteiger partial charge is 0.323 e. The SMILES string of the molecule is CC(C)(C(N)c1ccc(Br)c(Cl)c1F)S(C)(=O)=O. The third kappa shape index (κ3) is 2.71. The van der Waals surface area contributed by atoms with E-state index in [1.54, 1.807) is 6.07 Å². The highest BCUT2D eigenvalue weighted by molar-refractivity contribution is 9.10. The molecular formula is C11H14BrClFNO2S. The Balaban J connectivity index is 3.37. The van der Waals surface area contributed by atoms with Crippen molar-refractivity contribution in [3.8, 4) is 0 Å². The number of rotatable bonds is 3. The van der Waals surface area contributed by atoms with Crippen molar-refractivity contribution in [3.63, 3.8) is 0 Å². The van der Waals surface area contributed by atoms with Crippen molar-refractivity contribution in [2.24, 2.45) is 5.73 Å². The molecule has 102 valence electrons. The van der Waals surface area contributed by atoms with Gasteiger partial charge in [0.05, 0.1) is 15.8 Å². The van der Waals surface area contributed by atoms with Crippen LogP contribution in [0.3, 0.4) is 0 Å². The lowest BCUT2D eigenvalue weighted by molar-refractivity contribution is 0.479. The van der Waals surface area contributed by atoms with Crippen LogP contribution in [0.15, 0.2) is 16.6 Å². The number of hydrogen-bond donors (Lipinski definition) is 1. The molecule has 3 nitrogen and oxygen atoms in total. The summed E-state index contributed by atoms with van der Waals surface area (Å²) in [6.07, 6.45) is 1.07. The standard InChI is InChI=1S/C11H14BrClFNO2S/c1-11(2,18(3,16)17)10(15)6-4-5-7(12)8(13)9(6)14/h4-5,10H,15H2,1-3H3. The molecule has 0 saturated heterocycles. The molecule has 0 amide bonds. The van der Waals surface area contributed by atoms with Crippen molar-refractivity contribution in [3.05, 3.63) is 33.0 Å². The molecule has 0 aliphatic rings. The predicted molar refractivity (Wildman–Crippen MR) is 75.0 cm³/mol. The van der Waals surface area contributed by atoms with Crippen LogP contribution in [0, 0.1) is 5.82 Å². The molecule has 0 radical (unpaired) electrons. The smallest absolute Gasteiger partial charge is 0.154 e. The third-order valence-electron chi connectivity index (χ3n) is 3.10. The molecule has 0 spiro atoms. The maximum Gasteiger partial charge on any atom is 0.154 e. The summed E-state index contributed by atoms with van der Waals surface area (Å²) in [4.78, 5) is 0. The second-order valence-electron chi connectivity index (χ2n) is 4.62. The normalized spacial score (nSPS) is 14.6. The first-order valence-electron chi connectivity index (χ1n) is 5.08. The van der Waals surface area contributed by atoms with Crippen LogP contribution in [0.1, 0.15) is 25.5 Å². The lowest BCUT2D eigenvalue weighted by Crippen LogP contribution is -2.42. The van der Waals surface area contributed by atoms with Crippen LogP contribution in [0.5, 0.6) is 0 Å². The van der Waals surface area contributed by atoms with Gasteiger partial charge in [-0.1, -0.05) is 17.7 Å². The zero-order valence-electron chi connectivity index (χ0n) is 10.2. The van der Waals surface area contributed by atoms with E-state index in [1.165, 1.54) is 19.9 Å². The van der Waals surface area contributed by atoms with Gasteiger partial charge in [-0.3, -0.25) is 0 Å². The molecule has 18 heavy (non-hydrogen) atoms. The number of sulfone groups is 1. The maximum absolute atomic E-state index is 14.0. The van der Waals surface area contributed by atoms with E-state index in [0.29, 0.717) is 4.47 Å². The van der Waals surface area contributed by atoms with Crippen LogP contribution < -0.4 is 5.73 Å². The molecule has 2 N–H and O–H groups in total. The minimum absolute atomic E-state index is 0.0821. The van der Waals surface area contributed by atoms with E-state index in [0.717, 1.165) is 6.26 Å². The highest BCUT2D eigenvalue weighted by Crippen LogP contribution is 2.35. The predicted octanol–water partition coefficient (Wildman–Crippen LogP) is 3.06. The Morgan fingerprint density at radius 1 is 1.44 bits per heavy atom. The molecule has 1 aromatic rings. The molecule has 0 heterocycles. The molecule has 1 aromatic carbocycles. The van der Waals surface area contributed by atoms with E-state index in [4.69, 9.17) is 17.3 Å². The number of halogens is 3. The van der Waals surface area contributed by atoms with Crippen molar-refractivity contribution in [2.75, 3.05) is 6.26 Å². The van der Waals surface area contributed by atoms with E-state index >= 15 is 0 Å². The van der Waals surface area contributed by atoms with Crippen LogP contribution >= 0.6 is 27.5 Å². The average molecular weight is 359 g/mol. The molecule has 7 heteroatoms. The van der Waals surface area contributed by atoms with Crippen LogP contribution in [0.25, 0.3) is 0 Å². The lowest BCUT2D eigenvalue weighted by Gasteiger charge is -2.30. The summed E-state index contributed by atoms with van der Waals surface area (Å²) in [6.45, 7) is 2.92. The van der Waals surface area contributed by atoms with Crippen molar-refractivity contribution in [2.45, 2.75) is 24.6 Å². The molecule has 1 rings (SSSR count). The van der Waals surface area contributed by atoms with Crippen LogP contribution in [0.2, 0.25) is 5.02 Å². The highest BCUT2D eigenvalue weighted by Gasteiger charge is 2.39. The lowest BCUT2D eigenvalue weighted by atomic mass is 9.95. The van der Waals surface area contributed by atoms with E-state index in [1.807, 2.05) is 0 Å². The van der Waals surface area contributed by atoms with Crippen molar-refractivity contribution in [1.82, 2.24) is 0 Å². The quantitative estimate of drug-likeness (QED) is 0.845. The zero-order chi connectivity index (χ0) is 14.3. The molecule has 0 aliphatic carbocycles. The fraction of sp³-hybridized carbons (Fsp3) is 0.455. The number of benzene rings is 1. The Hall–Kier alpha value is -0.170. The van der Waals surface area contributed by atoms with Gasteiger partial charge in [-0.05, 0) is 35.8 Å². The summed E-state index contributed by atoms with van der Waals surface area (Å²) >= 11 is 8.85. The van der Waals surface area contributed by atoms with Gasteiger partial charge in [-0.2, -0.15) is 0 Å². The molecule has 1 atom stereocenters. The van der Waals surface area contributed by atoms with Gasteiger partial charge in [0.1, 0.15) is 5.82 Å². The van der Waals surface area contributed by atoms with Gasteiger partial charge >= 0.3 is 0 Å². The number of hydrogen-bond acceptors (Lipinski definition) is 3. The second-order valence-corrected chi connectivity index (χ2v) is 8.45. The third-order valence-corrected chi connectivity index (χ3v) is 6.53. The van der Waals surface area contributed by atoms with E-state index in [9.17, 15) is 12.8 Å². The maximum atomic E-state index is 14.0. The summed E-state index contributed by atoms with van der Waals surface area (Å²) < 4.78 is 36.5. The summed E-state index contributed by atoms with van der Waals surface area (Å²) in [5, 5.41) is -0.104. The first-order chi connectivity index (χ1) is 8.00. The summed E-state index contributed by atoms with van der Waals surface area (Å²) in [7, 11) is -3.44. The van der Waals surface area contributed by atoms with Crippen LogP contribution in [0.4, 0.5) is 4.39 Å². The Morgan fingerprint density at radius 3 is 2.39 bits per heavy atom. The molecule has 0 fully saturated rings. The van der Waals surface area contributed by atoms with E-state index in [-0.39, 0.29) is 10.6 Å². The topological polar surface area (TPSA) is 60.2 Å². The average Bonchev–Trinajstić information content (AvgIpc) is 2.24. The van der Waals surface area contributed by atoms with Gasteiger partial charge in [0.15, 0.2) is 9.84 Å². The Bertz CT molecular complexity index is 575. The van der Waals surface area contributed by atoms with E-state index in [2.05, 4.69) is 15.9 Å². The Kier molecular flexibility index (Phi) is 4.48. The Labute approximate surface area is 120 Å². The monoisotopic (exact) mass is 357 g/mol. The fourth-order valence-electron chi connectivity index (χ4n) is 1.39. The summed E-state index contributed by atoms with van der Waals surface area (Å²) in [6, 6.07) is 1.97. The molecule has 0 bridgehead atoms. The van der Waals surface area contributed by atoms with Crippen molar-refractivity contribution < 1.29 is 12.8 Å². The van der Waals surface area contributed by atoms with Crippen molar-refractivity contribution in [1.29, 1.82) is 0 Å². The zero-order valence-corrected chi connectivity index (χ0v) is 13.3. The first-order valence-corrected chi connectivity index (χ1v) is 8.15. The molecule has 0 aromatic heterocycles. The Morgan fingerprint density at radius 2 is 1.94 bits per heavy atom. The van der Waals surface area contributed by atoms with Crippen LogP contribution in [-0.2, 0) is 9.84 Å². The summed E-state index contributed by atoms with van der Waals surface area (Å²) in [5.74, 6) is -0.699. The van der Waals surface area contributed by atoms with Gasteiger partial charge in [0.2, 0.25) is 0 Å².